The number of nitrogens with zero attached hydrogens (tertiary/aromatic N) is 1. The fourth-order valence-electron chi connectivity index (χ4n) is 1.81. The van der Waals surface area contributed by atoms with Gasteiger partial charge in [-0.15, -0.1) is 0 Å². The van der Waals surface area contributed by atoms with Crippen LogP contribution in [0.25, 0.3) is 0 Å². The number of hydrogen-bond donors (Lipinski definition) is 1. The standard InChI is InChI=1S/C15H19ClN2O2/c1-3-6-17-9-12-4-5-15(14(16)8-12)19-10-13-7-11(2)18-20-13/h4-5,7-8,17H,3,6,9-10H2,1-2H3. The zero-order chi connectivity index (χ0) is 14.4. The van der Waals surface area contributed by atoms with E-state index < -0.39 is 0 Å². The van der Waals surface area contributed by atoms with Crippen molar-refractivity contribution in [2.24, 2.45) is 0 Å². The van der Waals surface area contributed by atoms with Gasteiger partial charge in [-0.05, 0) is 37.6 Å². The van der Waals surface area contributed by atoms with Gasteiger partial charge in [-0.2, -0.15) is 0 Å². The molecule has 5 heteroatoms. The van der Waals surface area contributed by atoms with Crippen molar-refractivity contribution in [3.05, 3.63) is 46.3 Å². The van der Waals surface area contributed by atoms with Crippen LogP contribution >= 0.6 is 11.6 Å². The summed E-state index contributed by atoms with van der Waals surface area (Å²) >= 11 is 6.21. The fourth-order valence-corrected chi connectivity index (χ4v) is 2.07. The molecule has 0 aliphatic rings. The summed E-state index contributed by atoms with van der Waals surface area (Å²) in [7, 11) is 0. The third-order valence-corrected chi connectivity index (χ3v) is 3.09. The highest BCUT2D eigenvalue weighted by Crippen LogP contribution is 2.26. The quantitative estimate of drug-likeness (QED) is 0.791. The van der Waals surface area contributed by atoms with Gasteiger partial charge in [-0.3, -0.25) is 0 Å². The third-order valence-electron chi connectivity index (χ3n) is 2.80. The molecule has 0 bridgehead atoms. The first kappa shape index (κ1) is 14.9. The Morgan fingerprint density at radius 1 is 1.35 bits per heavy atom. The van der Waals surface area contributed by atoms with E-state index in [1.165, 1.54) is 0 Å². The van der Waals surface area contributed by atoms with Gasteiger partial charge in [0.15, 0.2) is 5.76 Å². The molecule has 0 saturated heterocycles. The maximum absolute atomic E-state index is 6.21. The van der Waals surface area contributed by atoms with Gasteiger partial charge >= 0.3 is 0 Å². The Kier molecular flexibility index (Phi) is 5.44. The highest BCUT2D eigenvalue weighted by atomic mass is 35.5. The first-order valence-corrected chi connectivity index (χ1v) is 7.11. The molecule has 0 spiro atoms. The van der Waals surface area contributed by atoms with Crippen molar-refractivity contribution in [1.82, 2.24) is 10.5 Å². The van der Waals surface area contributed by atoms with Crippen molar-refractivity contribution < 1.29 is 9.26 Å². The molecular weight excluding hydrogens is 276 g/mol. The van der Waals surface area contributed by atoms with Gasteiger partial charge < -0.3 is 14.6 Å². The Bertz CT molecular complexity index is 555. The molecule has 1 N–H and O–H groups in total. The number of halogens is 1. The minimum absolute atomic E-state index is 0.327. The molecule has 0 fully saturated rings. The molecule has 0 aliphatic heterocycles. The van der Waals surface area contributed by atoms with Crippen LogP contribution in [0.4, 0.5) is 0 Å². The van der Waals surface area contributed by atoms with Crippen LogP contribution in [-0.4, -0.2) is 11.7 Å². The SMILES string of the molecule is CCCNCc1ccc(OCc2cc(C)no2)c(Cl)c1. The summed E-state index contributed by atoms with van der Waals surface area (Å²) in [6.45, 7) is 6.16. The van der Waals surface area contributed by atoms with Crippen LogP contribution in [0.3, 0.4) is 0 Å². The molecule has 0 radical (unpaired) electrons. The van der Waals surface area contributed by atoms with Crippen molar-refractivity contribution in [3.63, 3.8) is 0 Å². The number of rotatable bonds is 7. The number of nitrogens with one attached hydrogen (secondary N) is 1. The normalized spacial score (nSPS) is 10.8. The lowest BCUT2D eigenvalue weighted by atomic mass is 10.2. The summed E-state index contributed by atoms with van der Waals surface area (Å²) in [5.41, 5.74) is 1.98. The van der Waals surface area contributed by atoms with E-state index in [0.29, 0.717) is 23.1 Å². The van der Waals surface area contributed by atoms with Crippen molar-refractivity contribution >= 4 is 11.6 Å². The van der Waals surface area contributed by atoms with E-state index in [1.54, 1.807) is 0 Å². The molecule has 0 saturated carbocycles. The Balaban J connectivity index is 1.92. The van der Waals surface area contributed by atoms with Gasteiger partial charge in [0.25, 0.3) is 0 Å². The molecule has 1 aromatic carbocycles. The zero-order valence-corrected chi connectivity index (χ0v) is 12.5. The molecule has 4 nitrogen and oxygen atoms in total. The summed E-state index contributed by atoms with van der Waals surface area (Å²) < 4.78 is 10.7. The molecule has 1 aromatic heterocycles. The molecule has 20 heavy (non-hydrogen) atoms. The molecule has 0 amide bonds. The van der Waals surface area contributed by atoms with Crippen molar-refractivity contribution in [2.45, 2.75) is 33.4 Å². The minimum Gasteiger partial charge on any atom is -0.484 e. The monoisotopic (exact) mass is 294 g/mol. The topological polar surface area (TPSA) is 47.3 Å². The summed E-state index contributed by atoms with van der Waals surface area (Å²) in [4.78, 5) is 0. The number of hydrogen-bond acceptors (Lipinski definition) is 4. The summed E-state index contributed by atoms with van der Waals surface area (Å²) in [5.74, 6) is 1.34. The molecule has 0 aliphatic carbocycles. The first-order chi connectivity index (χ1) is 9.69. The molecule has 2 aromatic rings. The Morgan fingerprint density at radius 2 is 2.20 bits per heavy atom. The van der Waals surface area contributed by atoms with E-state index in [9.17, 15) is 0 Å². The molecule has 108 valence electrons. The van der Waals surface area contributed by atoms with Gasteiger partial charge in [0.05, 0.1) is 10.7 Å². The molecule has 1 heterocycles. The lowest BCUT2D eigenvalue weighted by Crippen LogP contribution is -2.13. The zero-order valence-electron chi connectivity index (χ0n) is 11.8. The van der Waals surface area contributed by atoms with Gasteiger partial charge in [0.2, 0.25) is 0 Å². The van der Waals surface area contributed by atoms with Crippen LogP contribution in [0.2, 0.25) is 5.02 Å². The Morgan fingerprint density at radius 3 is 2.85 bits per heavy atom. The second-order valence-corrected chi connectivity index (χ2v) is 5.07. The van der Waals surface area contributed by atoms with Gasteiger partial charge in [0.1, 0.15) is 12.4 Å². The largest absolute Gasteiger partial charge is 0.484 e. The van der Waals surface area contributed by atoms with Gasteiger partial charge in [0, 0.05) is 12.6 Å². The summed E-state index contributed by atoms with van der Waals surface area (Å²) in [6.07, 6.45) is 1.12. The van der Waals surface area contributed by atoms with Crippen LogP contribution in [0.15, 0.2) is 28.8 Å². The van der Waals surface area contributed by atoms with E-state index in [4.69, 9.17) is 20.9 Å². The third kappa shape index (κ3) is 4.25. The van der Waals surface area contributed by atoms with Crippen LogP contribution in [-0.2, 0) is 13.2 Å². The molecular formula is C15H19ClN2O2. The second-order valence-electron chi connectivity index (χ2n) is 4.66. The molecule has 0 atom stereocenters. The van der Waals surface area contributed by atoms with E-state index in [1.807, 2.05) is 31.2 Å². The fraction of sp³-hybridized carbons (Fsp3) is 0.400. The lowest BCUT2D eigenvalue weighted by Gasteiger charge is -2.09. The lowest BCUT2D eigenvalue weighted by molar-refractivity contribution is 0.249. The van der Waals surface area contributed by atoms with E-state index >= 15 is 0 Å². The number of aryl methyl sites for hydroxylation is 1. The van der Waals surface area contributed by atoms with Crippen molar-refractivity contribution in [1.29, 1.82) is 0 Å². The first-order valence-electron chi connectivity index (χ1n) is 6.73. The number of benzene rings is 1. The molecule has 2 rings (SSSR count). The average molecular weight is 295 g/mol. The predicted octanol–water partition coefficient (Wildman–Crippen LogP) is 3.72. The van der Waals surface area contributed by atoms with Gasteiger partial charge in [-0.1, -0.05) is 29.7 Å². The van der Waals surface area contributed by atoms with E-state index in [2.05, 4.69) is 17.4 Å². The Hall–Kier alpha value is -1.52. The summed E-state index contributed by atoms with van der Waals surface area (Å²) in [5, 5.41) is 7.76. The van der Waals surface area contributed by atoms with Gasteiger partial charge in [-0.25, -0.2) is 0 Å². The molecule has 0 unspecified atom stereocenters. The van der Waals surface area contributed by atoms with Crippen LogP contribution < -0.4 is 10.1 Å². The number of aromatic nitrogens is 1. The number of ether oxygens (including phenoxy) is 1. The maximum atomic E-state index is 6.21. The highest BCUT2D eigenvalue weighted by Gasteiger charge is 2.06. The van der Waals surface area contributed by atoms with Crippen LogP contribution in [0, 0.1) is 6.92 Å². The minimum atomic E-state index is 0.327. The maximum Gasteiger partial charge on any atom is 0.174 e. The second kappa shape index (κ2) is 7.31. The van der Waals surface area contributed by atoms with Crippen LogP contribution in [0.5, 0.6) is 5.75 Å². The Labute approximate surface area is 124 Å². The smallest absolute Gasteiger partial charge is 0.174 e. The average Bonchev–Trinajstić information content (AvgIpc) is 2.84. The van der Waals surface area contributed by atoms with E-state index in [-0.39, 0.29) is 0 Å². The van der Waals surface area contributed by atoms with Crippen molar-refractivity contribution in [3.8, 4) is 5.75 Å². The summed E-state index contributed by atoms with van der Waals surface area (Å²) in [6, 6.07) is 7.66. The van der Waals surface area contributed by atoms with Crippen molar-refractivity contribution in [2.75, 3.05) is 6.54 Å². The predicted molar refractivity (Wildman–Crippen MR) is 79.0 cm³/mol. The van der Waals surface area contributed by atoms with E-state index in [0.717, 1.165) is 30.8 Å². The highest BCUT2D eigenvalue weighted by molar-refractivity contribution is 6.32. The van der Waals surface area contributed by atoms with Crippen LogP contribution in [0.1, 0.15) is 30.4 Å².